The number of rotatable bonds is 3. The van der Waals surface area contributed by atoms with Crippen molar-refractivity contribution in [2.75, 3.05) is 6.54 Å². The summed E-state index contributed by atoms with van der Waals surface area (Å²) in [5.74, 6) is 1.01. The van der Waals surface area contributed by atoms with Gasteiger partial charge >= 0.3 is 6.18 Å². The normalized spacial score (nSPS) is 20.8. The van der Waals surface area contributed by atoms with E-state index in [-0.39, 0.29) is 18.4 Å². The topological polar surface area (TPSA) is 66.8 Å². The van der Waals surface area contributed by atoms with Crippen molar-refractivity contribution in [3.05, 3.63) is 45.2 Å². The van der Waals surface area contributed by atoms with Crippen LogP contribution in [0.3, 0.4) is 0 Å². The van der Waals surface area contributed by atoms with Gasteiger partial charge in [0, 0.05) is 18.8 Å². The Morgan fingerprint density at radius 3 is 2.74 bits per heavy atom. The molecule has 0 spiro atoms. The van der Waals surface area contributed by atoms with E-state index in [1.54, 1.807) is 0 Å². The zero-order valence-electron chi connectivity index (χ0n) is 15.1. The third-order valence-corrected chi connectivity index (χ3v) is 5.50. The monoisotopic (exact) mass is 381 g/mol. The van der Waals surface area contributed by atoms with Gasteiger partial charge < -0.3 is 9.55 Å². The predicted octanol–water partition coefficient (Wildman–Crippen LogP) is 2.74. The van der Waals surface area contributed by atoms with Gasteiger partial charge in [0.1, 0.15) is 11.6 Å². The van der Waals surface area contributed by atoms with E-state index in [0.717, 1.165) is 56.6 Å². The van der Waals surface area contributed by atoms with Crippen molar-refractivity contribution in [3.63, 3.8) is 0 Å². The second-order valence-electron chi connectivity index (χ2n) is 7.33. The van der Waals surface area contributed by atoms with E-state index in [0.29, 0.717) is 6.07 Å². The molecule has 0 radical (unpaired) electrons. The quantitative estimate of drug-likeness (QED) is 0.888. The maximum absolute atomic E-state index is 12.9. The molecular weight excluding hydrogens is 359 g/mol. The number of hydrogen-bond donors (Lipinski definition) is 1. The first-order valence-corrected chi connectivity index (χ1v) is 9.29. The average molecular weight is 381 g/mol. The molecule has 0 aromatic carbocycles. The number of alkyl halides is 3. The van der Waals surface area contributed by atoms with Gasteiger partial charge in [0.05, 0.1) is 18.3 Å². The van der Waals surface area contributed by atoms with Gasteiger partial charge in [-0.25, -0.2) is 9.97 Å². The SMILES string of the molecule is Cn1c([C@H]2CCCN2Cc2nc(C(F)(F)F)cc(=O)[nH]2)nc2c1CCCC2. The van der Waals surface area contributed by atoms with Gasteiger partial charge in [-0.3, -0.25) is 9.69 Å². The van der Waals surface area contributed by atoms with E-state index < -0.39 is 17.4 Å². The van der Waals surface area contributed by atoms with Crippen LogP contribution in [0.1, 0.15) is 60.5 Å². The minimum absolute atomic E-state index is 0.0282. The van der Waals surface area contributed by atoms with E-state index in [1.807, 2.05) is 7.05 Å². The summed E-state index contributed by atoms with van der Waals surface area (Å²) >= 11 is 0. The lowest BCUT2D eigenvalue weighted by Gasteiger charge is -2.24. The van der Waals surface area contributed by atoms with Crippen molar-refractivity contribution in [2.45, 2.75) is 57.3 Å². The third-order valence-electron chi connectivity index (χ3n) is 5.50. The first-order valence-electron chi connectivity index (χ1n) is 9.29. The fourth-order valence-corrected chi connectivity index (χ4v) is 4.23. The van der Waals surface area contributed by atoms with E-state index >= 15 is 0 Å². The molecule has 0 unspecified atom stereocenters. The zero-order valence-corrected chi connectivity index (χ0v) is 15.1. The fraction of sp³-hybridized carbons (Fsp3) is 0.611. The van der Waals surface area contributed by atoms with Crippen molar-refractivity contribution in [3.8, 4) is 0 Å². The number of imidazole rings is 1. The Morgan fingerprint density at radius 2 is 2.00 bits per heavy atom. The molecule has 0 bridgehead atoms. The van der Waals surface area contributed by atoms with E-state index in [9.17, 15) is 18.0 Å². The van der Waals surface area contributed by atoms with E-state index in [1.165, 1.54) is 5.69 Å². The molecule has 9 heteroatoms. The van der Waals surface area contributed by atoms with Crippen LogP contribution in [-0.4, -0.2) is 31.0 Å². The van der Waals surface area contributed by atoms with Crippen LogP contribution in [0.15, 0.2) is 10.9 Å². The molecule has 1 aliphatic carbocycles. The highest BCUT2D eigenvalue weighted by Gasteiger charge is 2.35. The molecule has 1 saturated heterocycles. The number of nitrogens with zero attached hydrogens (tertiary/aromatic N) is 4. The van der Waals surface area contributed by atoms with Gasteiger partial charge in [0.2, 0.25) is 0 Å². The third kappa shape index (κ3) is 3.52. The molecule has 2 aromatic heterocycles. The van der Waals surface area contributed by atoms with Gasteiger partial charge in [-0.2, -0.15) is 13.2 Å². The van der Waals surface area contributed by atoms with Crippen molar-refractivity contribution in [1.82, 2.24) is 24.4 Å². The highest BCUT2D eigenvalue weighted by atomic mass is 19.4. The molecule has 4 rings (SSSR count). The second-order valence-corrected chi connectivity index (χ2v) is 7.33. The van der Waals surface area contributed by atoms with Gasteiger partial charge in [-0.05, 0) is 45.1 Å². The second kappa shape index (κ2) is 6.78. The maximum atomic E-state index is 12.9. The molecule has 1 atom stereocenters. The summed E-state index contributed by atoms with van der Waals surface area (Å²) in [6.45, 7) is 0.906. The summed E-state index contributed by atoms with van der Waals surface area (Å²) in [5.41, 5.74) is 0.491. The lowest BCUT2D eigenvalue weighted by molar-refractivity contribution is -0.141. The number of H-pyrrole nitrogens is 1. The standard InChI is InChI=1S/C18H22F3N5O/c1-25-12-6-3-2-5-11(12)22-17(25)13-7-4-8-26(13)10-15-23-14(18(19,20)21)9-16(27)24-15/h9,13H,2-8,10H2,1H3,(H,23,24,27)/t13-/m1/s1. The number of aromatic amines is 1. The van der Waals surface area contributed by atoms with Crippen LogP contribution in [0.2, 0.25) is 0 Å². The molecule has 6 nitrogen and oxygen atoms in total. The van der Waals surface area contributed by atoms with Crippen molar-refractivity contribution < 1.29 is 13.2 Å². The van der Waals surface area contributed by atoms with Crippen molar-refractivity contribution >= 4 is 0 Å². The first-order chi connectivity index (χ1) is 12.8. The smallest absolute Gasteiger partial charge is 0.334 e. The summed E-state index contributed by atoms with van der Waals surface area (Å²) in [4.78, 5) is 24.6. The Kier molecular flexibility index (Phi) is 4.57. The molecule has 1 fully saturated rings. The first kappa shape index (κ1) is 18.2. The number of fused-ring (bicyclic) bond motifs is 1. The minimum atomic E-state index is -4.63. The Bertz CT molecular complexity index is 901. The number of halogens is 3. The number of likely N-dealkylation sites (tertiary alicyclic amines) is 1. The number of hydrogen-bond acceptors (Lipinski definition) is 4. The molecule has 1 aliphatic heterocycles. The average Bonchev–Trinajstić information content (AvgIpc) is 3.18. The molecule has 0 amide bonds. The number of nitrogens with one attached hydrogen (secondary N) is 1. The van der Waals surface area contributed by atoms with Crippen LogP contribution >= 0.6 is 0 Å². The summed E-state index contributed by atoms with van der Waals surface area (Å²) in [5, 5.41) is 0. The summed E-state index contributed by atoms with van der Waals surface area (Å²) in [7, 11) is 2.02. The molecule has 27 heavy (non-hydrogen) atoms. The predicted molar refractivity (Wildman–Crippen MR) is 92.1 cm³/mol. The Hall–Kier alpha value is -2.16. The molecule has 146 valence electrons. The van der Waals surface area contributed by atoms with Crippen LogP contribution < -0.4 is 5.56 Å². The lowest BCUT2D eigenvalue weighted by Crippen LogP contribution is -2.28. The van der Waals surface area contributed by atoms with Crippen molar-refractivity contribution in [2.24, 2.45) is 7.05 Å². The van der Waals surface area contributed by atoms with Crippen LogP contribution in [0.5, 0.6) is 0 Å². The Morgan fingerprint density at radius 1 is 1.22 bits per heavy atom. The number of aromatic nitrogens is 4. The highest BCUT2D eigenvalue weighted by Crippen LogP contribution is 2.34. The number of aryl methyl sites for hydroxylation is 1. The summed E-state index contributed by atoms with van der Waals surface area (Å²) < 4.78 is 41.0. The van der Waals surface area contributed by atoms with E-state index in [2.05, 4.69) is 19.4 Å². The summed E-state index contributed by atoms with van der Waals surface area (Å²) in [6, 6.07) is 0.526. The van der Waals surface area contributed by atoms with Crippen LogP contribution in [0, 0.1) is 0 Å². The molecule has 3 heterocycles. The van der Waals surface area contributed by atoms with Crippen molar-refractivity contribution in [1.29, 1.82) is 0 Å². The highest BCUT2D eigenvalue weighted by molar-refractivity contribution is 5.22. The molecular formula is C18H22F3N5O. The van der Waals surface area contributed by atoms with E-state index in [4.69, 9.17) is 4.98 Å². The van der Waals surface area contributed by atoms with Crippen LogP contribution in [0.4, 0.5) is 13.2 Å². The Balaban J connectivity index is 1.61. The maximum Gasteiger partial charge on any atom is 0.433 e. The molecule has 1 N–H and O–H groups in total. The largest absolute Gasteiger partial charge is 0.433 e. The van der Waals surface area contributed by atoms with Gasteiger partial charge in [0.25, 0.3) is 5.56 Å². The minimum Gasteiger partial charge on any atom is -0.334 e. The van der Waals surface area contributed by atoms with Gasteiger partial charge in [-0.1, -0.05) is 0 Å². The lowest BCUT2D eigenvalue weighted by atomic mass is 10.0. The van der Waals surface area contributed by atoms with Gasteiger partial charge in [-0.15, -0.1) is 0 Å². The molecule has 2 aromatic rings. The van der Waals surface area contributed by atoms with Gasteiger partial charge in [0.15, 0.2) is 5.69 Å². The van der Waals surface area contributed by atoms with Crippen LogP contribution in [0.25, 0.3) is 0 Å². The Labute approximate surface area is 154 Å². The zero-order chi connectivity index (χ0) is 19.2. The fourth-order valence-electron chi connectivity index (χ4n) is 4.23. The molecule has 2 aliphatic rings. The molecule has 0 saturated carbocycles. The van der Waals surface area contributed by atoms with Crippen LogP contribution in [-0.2, 0) is 32.6 Å². The summed E-state index contributed by atoms with van der Waals surface area (Å²) in [6.07, 6.45) is 1.51.